The van der Waals surface area contributed by atoms with Gasteiger partial charge in [0, 0.05) is 5.22 Å². The van der Waals surface area contributed by atoms with E-state index < -0.39 is 0 Å². The summed E-state index contributed by atoms with van der Waals surface area (Å²) < 4.78 is 0. The molecule has 0 atom stereocenters. The Bertz CT molecular complexity index is 2140. The van der Waals surface area contributed by atoms with Crippen molar-refractivity contribution in [2.24, 2.45) is 0 Å². The van der Waals surface area contributed by atoms with E-state index in [2.05, 4.69) is 92.5 Å². The summed E-state index contributed by atoms with van der Waals surface area (Å²) in [6.45, 7) is 10.9. The summed E-state index contributed by atoms with van der Waals surface area (Å²) in [6, 6.07) is 24.7. The summed E-state index contributed by atoms with van der Waals surface area (Å²) >= 11 is 0. The summed E-state index contributed by atoms with van der Waals surface area (Å²) in [4.78, 5) is 0. The zero-order chi connectivity index (χ0) is 21.3. The molecular formula is C32H18. The number of hydrogen-bond acceptors (Lipinski definition) is 0. The first kappa shape index (κ1) is 16.6. The van der Waals surface area contributed by atoms with Crippen molar-refractivity contribution in [3.63, 3.8) is 0 Å². The predicted molar refractivity (Wildman–Crippen MR) is 141 cm³/mol. The molecule has 0 fully saturated rings. The standard InChI is InChI=1S/C32H18/c1-4-18-20-9-6-12-23-22-11-5-8-19-17(3)26-16(2)14-15-25-24-13-7-10-21(18)29(24)31(28(20)23)32(27(19)22)30(25)26/h5-15H,1,3H2,2H3. The number of fused-ring (bicyclic) bond motifs is 2. The highest BCUT2D eigenvalue weighted by Crippen LogP contribution is 2.49. The van der Waals surface area contributed by atoms with Gasteiger partial charge >= 0.3 is 0 Å². The zero-order valence-electron chi connectivity index (χ0n) is 17.8. The Kier molecular flexibility index (Phi) is 2.69. The van der Waals surface area contributed by atoms with Crippen LogP contribution in [-0.4, -0.2) is 0 Å². The van der Waals surface area contributed by atoms with E-state index in [1.807, 2.05) is 0 Å². The van der Waals surface area contributed by atoms with Crippen LogP contribution >= 0.6 is 0 Å². The Morgan fingerprint density at radius 2 is 0.969 bits per heavy atom. The van der Waals surface area contributed by atoms with E-state index in [0.717, 1.165) is 10.4 Å². The second kappa shape index (κ2) is 5.19. The molecule has 0 bridgehead atoms. The van der Waals surface area contributed by atoms with Gasteiger partial charge in [0.1, 0.15) is 0 Å². The van der Waals surface area contributed by atoms with Crippen LogP contribution in [0, 0.1) is 6.92 Å². The molecule has 8 rings (SSSR count). The largest absolute Gasteiger partial charge is 0.119 e. The van der Waals surface area contributed by atoms with Crippen molar-refractivity contribution in [3.05, 3.63) is 89.3 Å². The minimum Gasteiger partial charge on any atom is -0.119 e. The fourth-order valence-electron chi connectivity index (χ4n) is 6.61. The lowest BCUT2D eigenvalue weighted by Crippen LogP contribution is -2.09. The SMILES string of the molecule is C=C=c1c2cccc3c4cccc5c(=C)c6c(C)ccc7c8cccc1c8c(c23)c(c54)c67. The van der Waals surface area contributed by atoms with Gasteiger partial charge in [0.15, 0.2) is 0 Å². The summed E-state index contributed by atoms with van der Waals surface area (Å²) in [6.07, 6.45) is 0. The van der Waals surface area contributed by atoms with Gasteiger partial charge in [0.25, 0.3) is 0 Å². The highest BCUT2D eigenvalue weighted by molar-refractivity contribution is 6.48. The quantitative estimate of drug-likeness (QED) is 0.184. The van der Waals surface area contributed by atoms with E-state index in [4.69, 9.17) is 0 Å². The molecule has 32 heavy (non-hydrogen) atoms. The van der Waals surface area contributed by atoms with Crippen molar-refractivity contribution in [1.29, 1.82) is 0 Å². The minimum absolute atomic E-state index is 1.11. The van der Waals surface area contributed by atoms with Crippen LogP contribution < -0.4 is 10.4 Å². The Labute approximate surface area is 184 Å². The van der Waals surface area contributed by atoms with E-state index in [-0.39, 0.29) is 0 Å². The van der Waals surface area contributed by atoms with Crippen LogP contribution in [0.4, 0.5) is 0 Å². The Morgan fingerprint density at radius 3 is 1.56 bits per heavy atom. The summed E-state index contributed by atoms with van der Waals surface area (Å²) in [5.41, 5.74) is 4.59. The molecule has 0 heterocycles. The number of aryl methyl sites for hydroxylation is 1. The number of hydrogen-bond donors (Lipinski definition) is 0. The van der Waals surface area contributed by atoms with Gasteiger partial charge < -0.3 is 0 Å². The second-order valence-corrected chi connectivity index (χ2v) is 9.14. The molecule has 0 aliphatic heterocycles. The monoisotopic (exact) mass is 402 g/mol. The number of benzene rings is 8. The average Bonchev–Trinajstić information content (AvgIpc) is 2.83. The van der Waals surface area contributed by atoms with Gasteiger partial charge in [0.05, 0.1) is 0 Å². The molecule has 0 radical (unpaired) electrons. The van der Waals surface area contributed by atoms with E-state index in [0.29, 0.717) is 0 Å². The second-order valence-electron chi connectivity index (χ2n) is 9.14. The minimum atomic E-state index is 1.11. The Morgan fingerprint density at radius 1 is 0.500 bits per heavy atom. The molecule has 0 saturated heterocycles. The van der Waals surface area contributed by atoms with E-state index in [1.54, 1.807) is 0 Å². The third-order valence-electron chi connectivity index (χ3n) is 7.78. The van der Waals surface area contributed by atoms with Crippen LogP contribution in [-0.2, 0) is 0 Å². The number of rotatable bonds is 0. The lowest BCUT2D eigenvalue weighted by Gasteiger charge is -2.23. The molecule has 0 unspecified atom stereocenters. The zero-order valence-corrected chi connectivity index (χ0v) is 17.8. The average molecular weight is 402 g/mol. The van der Waals surface area contributed by atoms with Crippen LogP contribution in [0.5, 0.6) is 0 Å². The summed E-state index contributed by atoms with van der Waals surface area (Å²) in [7, 11) is 0. The maximum Gasteiger partial charge on any atom is 0.0316 e. The molecule has 0 spiro atoms. The fourth-order valence-corrected chi connectivity index (χ4v) is 6.61. The van der Waals surface area contributed by atoms with E-state index in [9.17, 15) is 0 Å². The molecule has 146 valence electrons. The fraction of sp³-hybridized carbons (Fsp3) is 0.0312. The van der Waals surface area contributed by atoms with Crippen molar-refractivity contribution in [3.8, 4) is 0 Å². The summed E-state index contributed by atoms with van der Waals surface area (Å²) in [5.74, 6) is 0. The van der Waals surface area contributed by atoms with Gasteiger partial charge in [0.2, 0.25) is 0 Å². The molecular weight excluding hydrogens is 384 g/mol. The van der Waals surface area contributed by atoms with Gasteiger partial charge in [-0.15, -0.1) is 5.73 Å². The molecule has 0 aromatic heterocycles. The van der Waals surface area contributed by atoms with Crippen LogP contribution in [0.15, 0.2) is 73.3 Å². The topological polar surface area (TPSA) is 0 Å². The van der Waals surface area contributed by atoms with Crippen molar-refractivity contribution >= 4 is 87.7 Å². The van der Waals surface area contributed by atoms with Gasteiger partial charge in [-0.2, -0.15) is 0 Å². The van der Waals surface area contributed by atoms with Gasteiger partial charge in [-0.25, -0.2) is 0 Å². The van der Waals surface area contributed by atoms with Crippen LogP contribution in [0.25, 0.3) is 87.7 Å². The van der Waals surface area contributed by atoms with Gasteiger partial charge in [-0.1, -0.05) is 79.9 Å². The first-order valence-corrected chi connectivity index (χ1v) is 11.1. The third kappa shape index (κ3) is 1.57. The molecule has 0 amide bonds. The van der Waals surface area contributed by atoms with Crippen LogP contribution in [0.2, 0.25) is 0 Å². The molecule has 8 aromatic rings. The maximum absolute atomic E-state index is 4.60. The molecule has 0 aliphatic carbocycles. The molecule has 0 heteroatoms. The Hall–Kier alpha value is -4.12. The van der Waals surface area contributed by atoms with Crippen molar-refractivity contribution in [2.45, 2.75) is 6.92 Å². The van der Waals surface area contributed by atoms with Gasteiger partial charge in [-0.05, 0) is 93.1 Å². The molecule has 0 nitrogen and oxygen atoms in total. The van der Waals surface area contributed by atoms with Crippen molar-refractivity contribution in [2.75, 3.05) is 0 Å². The lowest BCUT2D eigenvalue weighted by molar-refractivity contribution is 1.54. The summed E-state index contributed by atoms with van der Waals surface area (Å²) in [5, 5.41) is 20.7. The van der Waals surface area contributed by atoms with Gasteiger partial charge in [-0.3, -0.25) is 0 Å². The maximum atomic E-state index is 4.60. The predicted octanol–water partition coefficient (Wildman–Crippen LogP) is 7.36. The molecule has 0 saturated carbocycles. The van der Waals surface area contributed by atoms with Crippen LogP contribution in [0.1, 0.15) is 5.56 Å². The molecule has 0 N–H and O–H groups in total. The highest BCUT2D eigenvalue weighted by Gasteiger charge is 2.24. The highest BCUT2D eigenvalue weighted by atomic mass is 14.3. The third-order valence-corrected chi connectivity index (χ3v) is 7.78. The first-order chi connectivity index (χ1) is 15.7. The smallest absolute Gasteiger partial charge is 0.0316 e. The van der Waals surface area contributed by atoms with E-state index >= 15 is 0 Å². The Balaban J connectivity index is 2.02. The van der Waals surface area contributed by atoms with Crippen molar-refractivity contribution in [1.82, 2.24) is 0 Å². The van der Waals surface area contributed by atoms with Crippen molar-refractivity contribution < 1.29 is 0 Å². The normalized spacial score (nSPS) is 12.7. The lowest BCUT2D eigenvalue weighted by atomic mass is 9.79. The van der Waals surface area contributed by atoms with E-state index in [1.165, 1.54) is 81.0 Å². The first-order valence-electron chi connectivity index (χ1n) is 11.1. The molecule has 0 aliphatic rings. The van der Waals surface area contributed by atoms with Crippen LogP contribution in [0.3, 0.4) is 0 Å². The molecule has 8 aromatic carbocycles.